The number of amides is 1. The van der Waals surface area contributed by atoms with Crippen LogP contribution in [0.3, 0.4) is 0 Å². The molecule has 3 aromatic rings. The molecule has 1 amide bonds. The van der Waals surface area contributed by atoms with Crippen LogP contribution in [0.1, 0.15) is 29.9 Å². The Kier molecular flexibility index (Phi) is 7.26. The molecule has 0 saturated carbocycles. The second-order valence-electron chi connectivity index (χ2n) is 6.76. The second kappa shape index (κ2) is 9.90. The summed E-state index contributed by atoms with van der Waals surface area (Å²) in [6.07, 6.45) is 1.51. The zero-order valence-corrected chi connectivity index (χ0v) is 18.4. The van der Waals surface area contributed by atoms with Gasteiger partial charge in [-0.2, -0.15) is 0 Å². The maximum atomic E-state index is 13.1. The summed E-state index contributed by atoms with van der Waals surface area (Å²) in [4.78, 5) is 32.2. The van der Waals surface area contributed by atoms with Gasteiger partial charge in [0, 0.05) is 17.4 Å². The highest BCUT2D eigenvalue weighted by Crippen LogP contribution is 2.34. The minimum atomic E-state index is -3.82. The molecule has 0 aliphatic carbocycles. The number of hydrogen-bond donors (Lipinski definition) is 3. The number of H-pyrrole nitrogens is 1. The van der Waals surface area contributed by atoms with Crippen molar-refractivity contribution in [3.63, 3.8) is 0 Å². The largest absolute Gasteiger partial charge is 0.325 e. The van der Waals surface area contributed by atoms with E-state index in [0.717, 1.165) is 23.7 Å². The molecule has 0 bridgehead atoms. The first-order chi connectivity index (χ1) is 14.8. The summed E-state index contributed by atoms with van der Waals surface area (Å²) >= 11 is 1.14. The van der Waals surface area contributed by atoms with Gasteiger partial charge in [0.25, 0.3) is 5.56 Å². The van der Waals surface area contributed by atoms with E-state index in [4.69, 9.17) is 5.14 Å². The Bertz CT molecular complexity index is 1210. The minimum Gasteiger partial charge on any atom is -0.325 e. The Morgan fingerprint density at radius 2 is 1.84 bits per heavy atom. The number of sulfonamides is 1. The first-order valence-corrected chi connectivity index (χ1v) is 11.9. The SMILES string of the molecule is CCCc1cc(=O)[nH]c(SC(C(=O)Nc2ccc(S(N)(=O)=O)cc2)c2ccccc2)n1. The van der Waals surface area contributed by atoms with Gasteiger partial charge in [-0.05, 0) is 36.2 Å². The average Bonchev–Trinajstić information content (AvgIpc) is 2.72. The Hall–Kier alpha value is -2.95. The molecule has 0 radical (unpaired) electrons. The van der Waals surface area contributed by atoms with Gasteiger partial charge in [-0.1, -0.05) is 55.4 Å². The van der Waals surface area contributed by atoms with Gasteiger partial charge < -0.3 is 10.3 Å². The number of carbonyl (C=O) groups excluding carboxylic acids is 1. The van der Waals surface area contributed by atoms with Crippen LogP contribution in [0.25, 0.3) is 0 Å². The smallest absolute Gasteiger partial charge is 0.251 e. The first-order valence-electron chi connectivity index (χ1n) is 9.52. The molecule has 4 N–H and O–H groups in total. The summed E-state index contributed by atoms with van der Waals surface area (Å²) < 4.78 is 22.8. The van der Waals surface area contributed by atoms with Crippen molar-refractivity contribution < 1.29 is 13.2 Å². The van der Waals surface area contributed by atoms with Crippen LogP contribution in [0.5, 0.6) is 0 Å². The second-order valence-corrected chi connectivity index (χ2v) is 9.41. The van der Waals surface area contributed by atoms with Crippen molar-refractivity contribution in [2.24, 2.45) is 5.14 Å². The number of benzene rings is 2. The van der Waals surface area contributed by atoms with Gasteiger partial charge >= 0.3 is 0 Å². The fourth-order valence-corrected chi connectivity index (χ4v) is 4.40. The molecule has 0 aliphatic rings. The quantitative estimate of drug-likeness (QED) is 0.351. The summed E-state index contributed by atoms with van der Waals surface area (Å²) in [6.45, 7) is 2.00. The van der Waals surface area contributed by atoms with Gasteiger partial charge in [-0.25, -0.2) is 18.5 Å². The molecule has 1 aromatic heterocycles. The molecular weight excluding hydrogens is 436 g/mol. The lowest BCUT2D eigenvalue weighted by molar-refractivity contribution is -0.115. The highest BCUT2D eigenvalue weighted by Gasteiger charge is 2.24. The number of anilines is 1. The fraction of sp³-hybridized carbons (Fsp3) is 0.190. The van der Waals surface area contributed by atoms with Crippen LogP contribution in [0.2, 0.25) is 0 Å². The van der Waals surface area contributed by atoms with Crippen molar-refractivity contribution in [3.05, 3.63) is 82.3 Å². The van der Waals surface area contributed by atoms with E-state index in [-0.39, 0.29) is 16.4 Å². The van der Waals surface area contributed by atoms with Crippen molar-refractivity contribution in [3.8, 4) is 0 Å². The van der Waals surface area contributed by atoms with Gasteiger partial charge in [-0.3, -0.25) is 9.59 Å². The maximum Gasteiger partial charge on any atom is 0.251 e. The van der Waals surface area contributed by atoms with E-state index < -0.39 is 15.3 Å². The van der Waals surface area contributed by atoms with Crippen LogP contribution in [0.4, 0.5) is 5.69 Å². The number of aromatic amines is 1. The third kappa shape index (κ3) is 6.27. The van der Waals surface area contributed by atoms with Crippen molar-refractivity contribution >= 4 is 33.4 Å². The Morgan fingerprint density at radius 3 is 2.45 bits per heavy atom. The number of rotatable bonds is 8. The molecule has 162 valence electrons. The summed E-state index contributed by atoms with van der Waals surface area (Å²) in [5.41, 5.74) is 1.54. The summed E-state index contributed by atoms with van der Waals surface area (Å²) in [7, 11) is -3.82. The highest BCUT2D eigenvalue weighted by molar-refractivity contribution is 8.00. The molecule has 10 heteroatoms. The van der Waals surface area contributed by atoms with Crippen LogP contribution >= 0.6 is 11.8 Å². The predicted octanol–water partition coefficient (Wildman–Crippen LogP) is 2.84. The molecule has 3 rings (SSSR count). The average molecular weight is 459 g/mol. The first kappa shape index (κ1) is 22.7. The van der Waals surface area contributed by atoms with Gasteiger partial charge in [0.15, 0.2) is 5.16 Å². The lowest BCUT2D eigenvalue weighted by atomic mass is 10.1. The molecule has 2 aromatic carbocycles. The third-order valence-electron chi connectivity index (χ3n) is 4.30. The number of carbonyl (C=O) groups is 1. The number of nitrogens with one attached hydrogen (secondary N) is 2. The number of hydrogen-bond acceptors (Lipinski definition) is 6. The van der Waals surface area contributed by atoms with Crippen molar-refractivity contribution in [1.29, 1.82) is 0 Å². The highest BCUT2D eigenvalue weighted by atomic mass is 32.2. The monoisotopic (exact) mass is 458 g/mol. The van der Waals surface area contributed by atoms with E-state index in [9.17, 15) is 18.0 Å². The van der Waals surface area contributed by atoms with E-state index in [1.807, 2.05) is 37.3 Å². The predicted molar refractivity (Wildman–Crippen MR) is 120 cm³/mol. The molecule has 31 heavy (non-hydrogen) atoms. The molecule has 1 atom stereocenters. The third-order valence-corrected chi connectivity index (χ3v) is 6.37. The van der Waals surface area contributed by atoms with Crippen molar-refractivity contribution in [1.82, 2.24) is 9.97 Å². The molecular formula is C21H22N4O4S2. The molecule has 0 saturated heterocycles. The van der Waals surface area contributed by atoms with Crippen LogP contribution in [-0.2, 0) is 21.2 Å². The lowest BCUT2D eigenvalue weighted by Gasteiger charge is -2.17. The van der Waals surface area contributed by atoms with E-state index in [2.05, 4.69) is 15.3 Å². The maximum absolute atomic E-state index is 13.1. The van der Waals surface area contributed by atoms with E-state index >= 15 is 0 Å². The normalized spacial score (nSPS) is 12.3. The molecule has 0 fully saturated rings. The minimum absolute atomic E-state index is 0.0472. The summed E-state index contributed by atoms with van der Waals surface area (Å²) in [5, 5.41) is 7.54. The molecule has 1 unspecified atom stereocenters. The number of primary sulfonamides is 1. The van der Waals surface area contributed by atoms with Gasteiger partial charge in [0.1, 0.15) is 5.25 Å². The molecule has 0 spiro atoms. The lowest BCUT2D eigenvalue weighted by Crippen LogP contribution is -2.20. The van der Waals surface area contributed by atoms with Crippen molar-refractivity contribution in [2.75, 3.05) is 5.32 Å². The standard InChI is InChI=1S/C21H22N4O4S2/c1-2-6-16-13-18(26)25-21(24-16)30-19(14-7-4-3-5-8-14)20(27)23-15-9-11-17(12-10-15)31(22,28)29/h3-5,7-13,19H,2,6H2,1H3,(H,23,27)(H2,22,28,29)(H,24,25,26). The van der Waals surface area contributed by atoms with Crippen molar-refractivity contribution in [2.45, 2.75) is 35.1 Å². The van der Waals surface area contributed by atoms with E-state index in [0.29, 0.717) is 23.0 Å². The van der Waals surface area contributed by atoms with Crippen LogP contribution in [-0.4, -0.2) is 24.3 Å². The summed E-state index contributed by atoms with van der Waals surface area (Å²) in [6, 6.07) is 16.1. The summed E-state index contributed by atoms with van der Waals surface area (Å²) in [5.74, 6) is -0.344. The van der Waals surface area contributed by atoms with Crippen LogP contribution < -0.4 is 16.0 Å². The van der Waals surface area contributed by atoms with E-state index in [1.54, 1.807) is 0 Å². The van der Waals surface area contributed by atoms with Gasteiger partial charge in [0.05, 0.1) is 4.90 Å². The molecule has 8 nitrogen and oxygen atoms in total. The van der Waals surface area contributed by atoms with E-state index in [1.165, 1.54) is 30.3 Å². The Labute approximate surface area is 184 Å². The molecule has 1 heterocycles. The Balaban J connectivity index is 1.88. The topological polar surface area (TPSA) is 135 Å². The number of nitrogens with two attached hydrogens (primary N) is 1. The van der Waals surface area contributed by atoms with Gasteiger partial charge in [0.2, 0.25) is 15.9 Å². The number of thioether (sulfide) groups is 1. The number of aromatic nitrogens is 2. The zero-order chi connectivity index (χ0) is 22.4. The van der Waals surface area contributed by atoms with Crippen LogP contribution in [0, 0.1) is 0 Å². The fourth-order valence-electron chi connectivity index (χ4n) is 2.87. The van der Waals surface area contributed by atoms with Gasteiger partial charge in [-0.15, -0.1) is 0 Å². The number of aryl methyl sites for hydroxylation is 1. The number of nitrogens with zero attached hydrogens (tertiary/aromatic N) is 1. The van der Waals surface area contributed by atoms with Crippen LogP contribution in [0.15, 0.2) is 75.5 Å². The Morgan fingerprint density at radius 1 is 1.16 bits per heavy atom. The molecule has 0 aliphatic heterocycles. The zero-order valence-electron chi connectivity index (χ0n) is 16.7.